The second-order valence-corrected chi connectivity index (χ2v) is 7.65. The molecular formula is C17H24FN3S2. The van der Waals surface area contributed by atoms with Gasteiger partial charge in [0.05, 0.1) is 0 Å². The van der Waals surface area contributed by atoms with Gasteiger partial charge in [0.25, 0.3) is 0 Å². The molecule has 0 unspecified atom stereocenters. The number of rotatable bonds is 11. The van der Waals surface area contributed by atoms with Crippen molar-refractivity contribution in [2.24, 2.45) is 0 Å². The van der Waals surface area contributed by atoms with Gasteiger partial charge in [-0.1, -0.05) is 80.3 Å². The largest absolute Gasteiger partial charge is 0.360 e. The average molecular weight is 354 g/mol. The van der Waals surface area contributed by atoms with Crippen molar-refractivity contribution in [1.82, 2.24) is 10.2 Å². The molecule has 2 rings (SSSR count). The summed E-state index contributed by atoms with van der Waals surface area (Å²) in [6.07, 6.45) is 7.71. The van der Waals surface area contributed by atoms with E-state index < -0.39 is 0 Å². The van der Waals surface area contributed by atoms with Gasteiger partial charge in [-0.3, -0.25) is 0 Å². The number of halogens is 1. The second kappa shape index (κ2) is 10.6. The molecule has 0 aliphatic carbocycles. The summed E-state index contributed by atoms with van der Waals surface area (Å²) >= 11 is 3.06. The summed E-state index contributed by atoms with van der Waals surface area (Å²) in [7, 11) is 0. The van der Waals surface area contributed by atoms with Crippen LogP contribution in [0.5, 0.6) is 0 Å². The Morgan fingerprint density at radius 1 is 1.09 bits per heavy atom. The third-order valence-corrected chi connectivity index (χ3v) is 5.59. The summed E-state index contributed by atoms with van der Waals surface area (Å²) in [5.41, 5.74) is 0.703. The molecule has 0 aliphatic heterocycles. The fourth-order valence-electron chi connectivity index (χ4n) is 2.20. The first kappa shape index (κ1) is 18.2. The number of anilines is 1. The Labute approximate surface area is 146 Å². The Kier molecular flexibility index (Phi) is 8.39. The monoisotopic (exact) mass is 353 g/mol. The highest BCUT2D eigenvalue weighted by molar-refractivity contribution is 8.00. The van der Waals surface area contributed by atoms with E-state index >= 15 is 0 Å². The molecule has 6 heteroatoms. The summed E-state index contributed by atoms with van der Waals surface area (Å²) < 4.78 is 14.4. The van der Waals surface area contributed by atoms with Crippen LogP contribution in [-0.2, 0) is 5.75 Å². The maximum absolute atomic E-state index is 13.6. The van der Waals surface area contributed by atoms with E-state index in [1.807, 2.05) is 6.07 Å². The molecule has 0 atom stereocenters. The van der Waals surface area contributed by atoms with Crippen LogP contribution in [0.3, 0.4) is 0 Å². The lowest BCUT2D eigenvalue weighted by Gasteiger charge is -2.02. The molecule has 1 aromatic carbocycles. The van der Waals surface area contributed by atoms with Gasteiger partial charge in [-0.15, -0.1) is 10.2 Å². The third kappa shape index (κ3) is 6.87. The molecule has 1 N–H and O–H groups in total. The van der Waals surface area contributed by atoms with Crippen LogP contribution in [-0.4, -0.2) is 16.7 Å². The highest BCUT2D eigenvalue weighted by Gasteiger charge is 2.07. The molecule has 0 aliphatic rings. The van der Waals surface area contributed by atoms with Crippen molar-refractivity contribution in [2.75, 3.05) is 11.9 Å². The van der Waals surface area contributed by atoms with Crippen molar-refractivity contribution in [1.29, 1.82) is 0 Å². The Hall–Kier alpha value is -1.14. The van der Waals surface area contributed by atoms with E-state index in [0.29, 0.717) is 11.3 Å². The number of benzene rings is 1. The van der Waals surface area contributed by atoms with Crippen LogP contribution in [0.25, 0.3) is 0 Å². The van der Waals surface area contributed by atoms with Crippen molar-refractivity contribution < 1.29 is 4.39 Å². The summed E-state index contributed by atoms with van der Waals surface area (Å²) in [5, 5.41) is 12.5. The average Bonchev–Trinajstić information content (AvgIpc) is 3.01. The van der Waals surface area contributed by atoms with Crippen LogP contribution in [0, 0.1) is 5.82 Å². The van der Waals surface area contributed by atoms with E-state index in [0.717, 1.165) is 16.0 Å². The summed E-state index contributed by atoms with van der Waals surface area (Å²) in [4.78, 5) is 0. The first-order valence-corrected chi connectivity index (χ1v) is 10.0. The van der Waals surface area contributed by atoms with Crippen molar-refractivity contribution in [3.63, 3.8) is 0 Å². The molecule has 0 fully saturated rings. The van der Waals surface area contributed by atoms with Crippen LogP contribution >= 0.6 is 23.1 Å². The second-order valence-electron chi connectivity index (χ2n) is 5.45. The number of nitrogens with zero attached hydrogens (tertiary/aromatic N) is 2. The molecule has 0 radical (unpaired) electrons. The highest BCUT2D eigenvalue weighted by atomic mass is 32.2. The molecule has 23 heavy (non-hydrogen) atoms. The summed E-state index contributed by atoms with van der Waals surface area (Å²) in [6.45, 7) is 3.18. The number of thioether (sulfide) groups is 1. The van der Waals surface area contributed by atoms with Crippen LogP contribution in [0.15, 0.2) is 28.6 Å². The number of aromatic nitrogens is 2. The molecule has 2 aromatic rings. The first-order chi connectivity index (χ1) is 11.3. The molecule has 0 amide bonds. The van der Waals surface area contributed by atoms with Gasteiger partial charge < -0.3 is 5.32 Å². The minimum Gasteiger partial charge on any atom is -0.360 e. The normalized spacial score (nSPS) is 10.9. The lowest BCUT2D eigenvalue weighted by molar-refractivity contribution is 0.617. The fraction of sp³-hybridized carbons (Fsp3) is 0.529. The van der Waals surface area contributed by atoms with Crippen LogP contribution in [0.2, 0.25) is 0 Å². The topological polar surface area (TPSA) is 37.8 Å². The maximum Gasteiger partial charge on any atom is 0.206 e. The molecule has 126 valence electrons. The summed E-state index contributed by atoms with van der Waals surface area (Å²) in [5.74, 6) is 0.421. The van der Waals surface area contributed by atoms with Gasteiger partial charge in [0, 0.05) is 12.3 Å². The van der Waals surface area contributed by atoms with E-state index in [4.69, 9.17) is 0 Å². The van der Waals surface area contributed by atoms with Gasteiger partial charge >= 0.3 is 0 Å². The lowest BCUT2D eigenvalue weighted by atomic mass is 10.1. The molecule has 0 bridgehead atoms. The van der Waals surface area contributed by atoms with Crippen molar-refractivity contribution in [3.05, 3.63) is 35.6 Å². The van der Waals surface area contributed by atoms with Gasteiger partial charge in [0.15, 0.2) is 4.34 Å². The molecule has 0 spiro atoms. The van der Waals surface area contributed by atoms with E-state index in [1.165, 1.54) is 67.7 Å². The zero-order chi connectivity index (χ0) is 16.3. The molecule has 3 nitrogen and oxygen atoms in total. The van der Waals surface area contributed by atoms with Crippen LogP contribution < -0.4 is 5.32 Å². The zero-order valence-electron chi connectivity index (χ0n) is 13.6. The van der Waals surface area contributed by atoms with E-state index in [-0.39, 0.29) is 5.82 Å². The van der Waals surface area contributed by atoms with Crippen molar-refractivity contribution in [3.8, 4) is 0 Å². The minimum absolute atomic E-state index is 0.161. The van der Waals surface area contributed by atoms with Gasteiger partial charge in [-0.2, -0.15) is 0 Å². The van der Waals surface area contributed by atoms with Gasteiger partial charge in [-0.05, 0) is 18.1 Å². The zero-order valence-corrected chi connectivity index (χ0v) is 15.2. The fourth-order valence-corrected chi connectivity index (χ4v) is 3.96. The Bertz CT molecular complexity index is 574. The number of nitrogens with one attached hydrogen (secondary N) is 1. The molecule has 0 saturated carbocycles. The van der Waals surface area contributed by atoms with Crippen LogP contribution in [0.4, 0.5) is 9.52 Å². The highest BCUT2D eigenvalue weighted by Crippen LogP contribution is 2.28. The van der Waals surface area contributed by atoms with Gasteiger partial charge in [0.2, 0.25) is 5.13 Å². The van der Waals surface area contributed by atoms with Crippen molar-refractivity contribution in [2.45, 2.75) is 55.5 Å². The van der Waals surface area contributed by atoms with E-state index in [9.17, 15) is 4.39 Å². The van der Waals surface area contributed by atoms with Crippen molar-refractivity contribution >= 4 is 28.2 Å². The maximum atomic E-state index is 13.6. The number of hydrogen-bond donors (Lipinski definition) is 1. The smallest absolute Gasteiger partial charge is 0.206 e. The Balaban J connectivity index is 1.64. The van der Waals surface area contributed by atoms with Crippen LogP contribution in [0.1, 0.15) is 51.0 Å². The van der Waals surface area contributed by atoms with E-state index in [1.54, 1.807) is 12.1 Å². The Morgan fingerprint density at radius 3 is 2.70 bits per heavy atom. The predicted molar refractivity (Wildman–Crippen MR) is 97.7 cm³/mol. The van der Waals surface area contributed by atoms with Gasteiger partial charge in [0.1, 0.15) is 5.82 Å². The quantitative estimate of drug-likeness (QED) is 0.413. The predicted octanol–water partition coefficient (Wildman–Crippen LogP) is 5.74. The standard InChI is InChI=1S/C17H24FN3S2/c1-2-3-4-5-6-9-12-19-16-20-21-17(23-16)22-13-14-10-7-8-11-15(14)18/h7-8,10-11H,2-6,9,12-13H2,1H3,(H,19,20). The molecule has 0 saturated heterocycles. The first-order valence-electron chi connectivity index (χ1n) is 8.23. The third-order valence-electron chi connectivity index (χ3n) is 3.52. The molecule has 1 heterocycles. The Morgan fingerprint density at radius 2 is 1.87 bits per heavy atom. The molecule has 1 aromatic heterocycles. The number of unbranched alkanes of at least 4 members (excludes halogenated alkanes) is 5. The lowest BCUT2D eigenvalue weighted by Crippen LogP contribution is -2.00. The SMILES string of the molecule is CCCCCCCCNc1nnc(SCc2ccccc2F)s1. The van der Waals surface area contributed by atoms with Gasteiger partial charge in [-0.25, -0.2) is 4.39 Å². The van der Waals surface area contributed by atoms with E-state index in [2.05, 4.69) is 22.4 Å². The molecular weight excluding hydrogens is 329 g/mol. The minimum atomic E-state index is -0.161. The summed E-state index contributed by atoms with van der Waals surface area (Å²) in [6, 6.07) is 6.86. The number of hydrogen-bond acceptors (Lipinski definition) is 5.